The fourth-order valence-electron chi connectivity index (χ4n) is 1.63. The quantitative estimate of drug-likeness (QED) is 0.944. The topological polar surface area (TPSA) is 51.1 Å². The molecule has 1 aromatic carbocycles. The van der Waals surface area contributed by atoms with Gasteiger partial charge in [0.2, 0.25) is 5.91 Å². The van der Waals surface area contributed by atoms with Gasteiger partial charge in [-0.2, -0.15) is 0 Å². The van der Waals surface area contributed by atoms with Gasteiger partial charge in [0.15, 0.2) is 0 Å². The van der Waals surface area contributed by atoms with E-state index in [1.807, 2.05) is 19.1 Å². The van der Waals surface area contributed by atoms with E-state index in [1.165, 1.54) is 10.6 Å². The van der Waals surface area contributed by atoms with Crippen molar-refractivity contribution in [2.45, 2.75) is 13.5 Å². The Morgan fingerprint density at radius 2 is 1.95 bits per heavy atom. The molecule has 0 atom stereocenters. The third-order valence-corrected chi connectivity index (χ3v) is 3.12. The summed E-state index contributed by atoms with van der Waals surface area (Å²) in [5, 5.41) is 2.74. The zero-order valence-electron chi connectivity index (χ0n) is 10.4. The van der Waals surface area contributed by atoms with Crippen molar-refractivity contribution in [3.05, 3.63) is 63.0 Å². The second kappa shape index (κ2) is 5.84. The highest BCUT2D eigenvalue weighted by Crippen LogP contribution is 2.13. The maximum absolute atomic E-state index is 11.8. The van der Waals surface area contributed by atoms with Crippen LogP contribution in [0.5, 0.6) is 0 Å². The van der Waals surface area contributed by atoms with Gasteiger partial charge in [-0.3, -0.25) is 9.59 Å². The van der Waals surface area contributed by atoms with Crippen LogP contribution in [0.4, 0.5) is 5.69 Å². The van der Waals surface area contributed by atoms with Crippen LogP contribution in [0.3, 0.4) is 0 Å². The van der Waals surface area contributed by atoms with E-state index in [1.54, 1.807) is 24.4 Å². The molecule has 0 bridgehead atoms. The molecule has 1 aromatic heterocycles. The van der Waals surface area contributed by atoms with Crippen LogP contribution in [0.1, 0.15) is 5.56 Å². The van der Waals surface area contributed by atoms with E-state index >= 15 is 0 Å². The lowest BCUT2D eigenvalue weighted by Crippen LogP contribution is -2.26. The summed E-state index contributed by atoms with van der Waals surface area (Å²) >= 11 is 3.32. The Balaban J connectivity index is 2.05. The van der Waals surface area contributed by atoms with Gasteiger partial charge in [0.25, 0.3) is 5.56 Å². The van der Waals surface area contributed by atoms with Crippen molar-refractivity contribution in [2.75, 3.05) is 5.32 Å². The lowest BCUT2D eigenvalue weighted by atomic mass is 10.3. The molecule has 5 heteroatoms. The van der Waals surface area contributed by atoms with Crippen LogP contribution >= 0.6 is 15.9 Å². The van der Waals surface area contributed by atoms with Crippen molar-refractivity contribution >= 4 is 27.5 Å². The lowest BCUT2D eigenvalue weighted by Gasteiger charge is -2.07. The molecule has 2 aromatic rings. The molecule has 0 fully saturated rings. The van der Waals surface area contributed by atoms with Crippen LogP contribution in [0.15, 0.2) is 51.9 Å². The van der Waals surface area contributed by atoms with E-state index in [0.29, 0.717) is 5.69 Å². The number of pyridine rings is 1. The van der Waals surface area contributed by atoms with E-state index in [-0.39, 0.29) is 18.0 Å². The number of amides is 1. The number of aromatic nitrogens is 1. The number of benzene rings is 1. The Hall–Kier alpha value is -1.88. The first kappa shape index (κ1) is 13.5. The standard InChI is InChI=1S/C14H13BrN2O2/c1-10-6-7-17(14(19)8-10)9-13(18)16-12-4-2-11(15)3-5-12/h2-8H,9H2,1H3,(H,16,18). The summed E-state index contributed by atoms with van der Waals surface area (Å²) in [6.45, 7) is 1.85. The molecule has 0 aliphatic rings. The first-order valence-corrected chi connectivity index (χ1v) is 6.56. The molecular weight excluding hydrogens is 308 g/mol. The van der Waals surface area contributed by atoms with Crippen LogP contribution < -0.4 is 10.9 Å². The average molecular weight is 321 g/mol. The number of nitrogens with zero attached hydrogens (tertiary/aromatic N) is 1. The largest absolute Gasteiger partial charge is 0.325 e. The van der Waals surface area contributed by atoms with Crippen molar-refractivity contribution in [1.29, 1.82) is 0 Å². The normalized spacial score (nSPS) is 10.2. The van der Waals surface area contributed by atoms with Crippen molar-refractivity contribution in [3.63, 3.8) is 0 Å². The average Bonchev–Trinajstić information content (AvgIpc) is 2.36. The molecule has 0 saturated carbocycles. The van der Waals surface area contributed by atoms with Gasteiger partial charge in [-0.15, -0.1) is 0 Å². The number of aryl methyl sites for hydroxylation is 1. The molecular formula is C14H13BrN2O2. The number of carbonyl (C=O) groups excluding carboxylic acids is 1. The summed E-state index contributed by atoms with van der Waals surface area (Å²) in [7, 11) is 0. The fraction of sp³-hybridized carbons (Fsp3) is 0.143. The highest BCUT2D eigenvalue weighted by atomic mass is 79.9. The predicted octanol–water partition coefficient (Wildman–Crippen LogP) is 2.56. The molecule has 1 N–H and O–H groups in total. The first-order valence-electron chi connectivity index (χ1n) is 5.77. The zero-order valence-corrected chi connectivity index (χ0v) is 12.0. The second-order valence-electron chi connectivity index (χ2n) is 4.23. The Kier molecular flexibility index (Phi) is 4.16. The van der Waals surface area contributed by atoms with Crippen LogP contribution in [0, 0.1) is 6.92 Å². The molecule has 0 aliphatic heterocycles. The third kappa shape index (κ3) is 3.79. The Morgan fingerprint density at radius 3 is 2.58 bits per heavy atom. The van der Waals surface area contributed by atoms with E-state index in [2.05, 4.69) is 21.2 Å². The summed E-state index contributed by atoms with van der Waals surface area (Å²) in [4.78, 5) is 23.5. The molecule has 98 valence electrons. The van der Waals surface area contributed by atoms with Gasteiger partial charge in [-0.25, -0.2) is 0 Å². The van der Waals surface area contributed by atoms with Crippen LogP contribution in [-0.2, 0) is 11.3 Å². The van der Waals surface area contributed by atoms with Gasteiger partial charge in [-0.05, 0) is 42.8 Å². The zero-order chi connectivity index (χ0) is 13.8. The molecule has 0 aliphatic carbocycles. The minimum atomic E-state index is -0.228. The van der Waals surface area contributed by atoms with E-state index in [4.69, 9.17) is 0 Å². The first-order chi connectivity index (χ1) is 9.04. The number of hydrogen-bond donors (Lipinski definition) is 1. The number of carbonyl (C=O) groups is 1. The molecule has 0 radical (unpaired) electrons. The number of nitrogens with one attached hydrogen (secondary N) is 1. The third-order valence-electron chi connectivity index (χ3n) is 2.59. The number of hydrogen-bond acceptors (Lipinski definition) is 2. The molecule has 19 heavy (non-hydrogen) atoms. The minimum absolute atomic E-state index is 0.00910. The number of rotatable bonds is 3. The molecule has 0 spiro atoms. The highest BCUT2D eigenvalue weighted by Gasteiger charge is 2.05. The predicted molar refractivity (Wildman–Crippen MR) is 78.2 cm³/mol. The van der Waals surface area contributed by atoms with Crippen molar-refractivity contribution in [3.8, 4) is 0 Å². The molecule has 0 unspecified atom stereocenters. The van der Waals surface area contributed by atoms with Crippen molar-refractivity contribution in [1.82, 2.24) is 4.57 Å². The van der Waals surface area contributed by atoms with E-state index < -0.39 is 0 Å². The SMILES string of the molecule is Cc1ccn(CC(=O)Nc2ccc(Br)cc2)c(=O)c1. The smallest absolute Gasteiger partial charge is 0.251 e. The number of halogens is 1. The maximum Gasteiger partial charge on any atom is 0.251 e. The molecule has 1 amide bonds. The highest BCUT2D eigenvalue weighted by molar-refractivity contribution is 9.10. The monoisotopic (exact) mass is 320 g/mol. The van der Waals surface area contributed by atoms with Gasteiger partial charge in [-0.1, -0.05) is 15.9 Å². The fourth-order valence-corrected chi connectivity index (χ4v) is 1.89. The second-order valence-corrected chi connectivity index (χ2v) is 5.14. The molecule has 4 nitrogen and oxygen atoms in total. The van der Waals surface area contributed by atoms with Gasteiger partial charge >= 0.3 is 0 Å². The molecule has 0 saturated heterocycles. The van der Waals surface area contributed by atoms with Gasteiger partial charge in [0, 0.05) is 22.4 Å². The number of anilines is 1. The summed E-state index contributed by atoms with van der Waals surface area (Å²) in [6, 6.07) is 10.6. The van der Waals surface area contributed by atoms with Gasteiger partial charge < -0.3 is 9.88 Å². The van der Waals surface area contributed by atoms with Crippen LogP contribution in [-0.4, -0.2) is 10.5 Å². The van der Waals surface area contributed by atoms with Crippen molar-refractivity contribution in [2.24, 2.45) is 0 Å². The maximum atomic E-state index is 11.8. The van der Waals surface area contributed by atoms with Gasteiger partial charge in [0.05, 0.1) is 0 Å². The summed E-state index contributed by atoms with van der Waals surface area (Å²) < 4.78 is 2.32. The minimum Gasteiger partial charge on any atom is -0.325 e. The lowest BCUT2D eigenvalue weighted by molar-refractivity contribution is -0.116. The Bertz CT molecular complexity index is 647. The summed E-state index contributed by atoms with van der Waals surface area (Å²) in [5.41, 5.74) is 1.41. The van der Waals surface area contributed by atoms with E-state index in [0.717, 1.165) is 10.0 Å². The van der Waals surface area contributed by atoms with E-state index in [9.17, 15) is 9.59 Å². The van der Waals surface area contributed by atoms with Crippen molar-refractivity contribution < 1.29 is 4.79 Å². The summed E-state index contributed by atoms with van der Waals surface area (Å²) in [6.07, 6.45) is 1.62. The summed E-state index contributed by atoms with van der Waals surface area (Å²) in [5.74, 6) is -0.228. The Labute approximate surface area is 119 Å². The van der Waals surface area contributed by atoms with Crippen LogP contribution in [0.2, 0.25) is 0 Å². The van der Waals surface area contributed by atoms with Crippen LogP contribution in [0.25, 0.3) is 0 Å². The molecule has 1 heterocycles. The Morgan fingerprint density at radius 1 is 1.26 bits per heavy atom. The molecule has 2 rings (SSSR count). The van der Waals surface area contributed by atoms with Gasteiger partial charge in [0.1, 0.15) is 6.54 Å².